The van der Waals surface area contributed by atoms with Crippen molar-refractivity contribution in [3.63, 3.8) is 0 Å². The van der Waals surface area contributed by atoms with Crippen molar-refractivity contribution >= 4 is 23.2 Å². The molecule has 8 heteroatoms. The van der Waals surface area contributed by atoms with Crippen LogP contribution in [0.15, 0.2) is 72.8 Å². The van der Waals surface area contributed by atoms with E-state index < -0.39 is 24.0 Å². The SMILES string of the molecule is CCCCOc1ccc(C2C3C(=O)N(c4ccc(OC)cc4)C(=O)C3ON2c2ccccc2)cc1OC. The predicted octanol–water partition coefficient (Wildman–Crippen LogP) is 4.93. The van der Waals surface area contributed by atoms with Crippen LogP contribution in [-0.4, -0.2) is 38.7 Å². The monoisotopic (exact) mass is 502 g/mol. The van der Waals surface area contributed by atoms with Gasteiger partial charge in [-0.15, -0.1) is 0 Å². The number of rotatable bonds is 9. The molecule has 3 aromatic carbocycles. The van der Waals surface area contributed by atoms with E-state index in [9.17, 15) is 9.59 Å². The van der Waals surface area contributed by atoms with E-state index in [2.05, 4.69) is 6.92 Å². The number of hydrogen-bond donors (Lipinski definition) is 0. The lowest BCUT2D eigenvalue weighted by Crippen LogP contribution is -2.37. The standard InChI is InChI=1S/C29H30N2O6/c1-4-5-17-36-23-16-11-19(18-24(23)35-3)26-25-27(37-31(26)21-9-7-6-8-10-21)29(33)30(28(25)32)20-12-14-22(34-2)15-13-20/h6-16,18,25-27H,4-5,17H2,1-3H3. The maximum absolute atomic E-state index is 13.8. The molecule has 0 aliphatic carbocycles. The molecule has 0 aromatic heterocycles. The molecular weight excluding hydrogens is 472 g/mol. The average molecular weight is 503 g/mol. The summed E-state index contributed by atoms with van der Waals surface area (Å²) in [6, 6.07) is 21.4. The number of carbonyl (C=O) groups excluding carboxylic acids is 2. The number of hydrogen-bond acceptors (Lipinski definition) is 7. The molecule has 0 saturated carbocycles. The number of hydroxylamine groups is 1. The first-order valence-electron chi connectivity index (χ1n) is 12.4. The number of fused-ring (bicyclic) bond motifs is 1. The van der Waals surface area contributed by atoms with E-state index >= 15 is 0 Å². The van der Waals surface area contributed by atoms with Crippen LogP contribution in [0.3, 0.4) is 0 Å². The van der Waals surface area contributed by atoms with Crippen LogP contribution in [-0.2, 0) is 14.4 Å². The van der Waals surface area contributed by atoms with Crippen LogP contribution in [0.2, 0.25) is 0 Å². The summed E-state index contributed by atoms with van der Waals surface area (Å²) in [6.45, 7) is 2.69. The molecule has 3 aromatic rings. The quantitative estimate of drug-likeness (QED) is 0.303. The number of imide groups is 1. The number of amides is 2. The normalized spacial score (nSPS) is 20.8. The molecule has 0 radical (unpaired) electrons. The van der Waals surface area contributed by atoms with Crippen LogP contribution >= 0.6 is 0 Å². The number of nitrogens with zero attached hydrogens (tertiary/aromatic N) is 2. The summed E-state index contributed by atoms with van der Waals surface area (Å²) in [7, 11) is 3.15. The molecule has 8 nitrogen and oxygen atoms in total. The Kier molecular flexibility index (Phi) is 7.01. The van der Waals surface area contributed by atoms with E-state index in [1.807, 2.05) is 48.5 Å². The zero-order valence-corrected chi connectivity index (χ0v) is 21.1. The van der Waals surface area contributed by atoms with Crippen molar-refractivity contribution < 1.29 is 28.6 Å². The highest BCUT2D eigenvalue weighted by atomic mass is 16.7. The molecule has 0 N–H and O–H groups in total. The Labute approximate surface area is 216 Å². The highest BCUT2D eigenvalue weighted by Gasteiger charge is 2.60. The van der Waals surface area contributed by atoms with Gasteiger partial charge in [-0.05, 0) is 60.5 Å². The fraction of sp³-hybridized carbons (Fsp3) is 0.310. The fourth-order valence-electron chi connectivity index (χ4n) is 4.85. The third kappa shape index (κ3) is 4.49. The second-order valence-electron chi connectivity index (χ2n) is 8.98. The third-order valence-electron chi connectivity index (χ3n) is 6.74. The smallest absolute Gasteiger partial charge is 0.266 e. The first kappa shape index (κ1) is 24.6. The van der Waals surface area contributed by atoms with Crippen molar-refractivity contribution in [2.24, 2.45) is 5.92 Å². The maximum Gasteiger partial charge on any atom is 0.266 e. The summed E-state index contributed by atoms with van der Waals surface area (Å²) in [4.78, 5) is 34.8. The molecule has 5 rings (SSSR count). The lowest BCUT2D eigenvalue weighted by Gasteiger charge is -2.29. The number of carbonyl (C=O) groups is 2. The second-order valence-corrected chi connectivity index (χ2v) is 8.98. The minimum absolute atomic E-state index is 0.314. The van der Waals surface area contributed by atoms with E-state index in [4.69, 9.17) is 19.0 Å². The molecule has 0 bridgehead atoms. The van der Waals surface area contributed by atoms with Gasteiger partial charge >= 0.3 is 0 Å². The lowest BCUT2D eigenvalue weighted by atomic mass is 9.90. The summed E-state index contributed by atoms with van der Waals surface area (Å²) < 4.78 is 16.8. The second kappa shape index (κ2) is 10.5. The summed E-state index contributed by atoms with van der Waals surface area (Å²) in [6.07, 6.45) is 1.01. The minimum atomic E-state index is -0.953. The lowest BCUT2D eigenvalue weighted by molar-refractivity contribution is -0.126. The van der Waals surface area contributed by atoms with Gasteiger partial charge in [-0.25, -0.2) is 9.96 Å². The van der Waals surface area contributed by atoms with E-state index in [0.29, 0.717) is 29.5 Å². The van der Waals surface area contributed by atoms with Crippen LogP contribution in [0.4, 0.5) is 11.4 Å². The van der Waals surface area contributed by atoms with Gasteiger partial charge in [0, 0.05) is 0 Å². The van der Waals surface area contributed by atoms with Gasteiger partial charge in [-0.1, -0.05) is 37.6 Å². The van der Waals surface area contributed by atoms with Gasteiger partial charge in [0.05, 0.1) is 38.2 Å². The van der Waals surface area contributed by atoms with Crippen molar-refractivity contribution in [3.05, 3.63) is 78.4 Å². The summed E-state index contributed by atoms with van der Waals surface area (Å²) in [5, 5.41) is 1.67. The maximum atomic E-state index is 13.8. The molecule has 192 valence electrons. The van der Waals surface area contributed by atoms with Crippen molar-refractivity contribution in [2.75, 3.05) is 30.8 Å². The summed E-state index contributed by atoms with van der Waals surface area (Å²) in [5.74, 6) is 0.386. The molecule has 37 heavy (non-hydrogen) atoms. The summed E-state index contributed by atoms with van der Waals surface area (Å²) in [5.41, 5.74) is 2.02. The van der Waals surface area contributed by atoms with Gasteiger partial charge in [0.25, 0.3) is 5.91 Å². The van der Waals surface area contributed by atoms with Crippen molar-refractivity contribution in [1.82, 2.24) is 0 Å². The van der Waals surface area contributed by atoms with E-state index in [1.165, 1.54) is 4.90 Å². The van der Waals surface area contributed by atoms with Gasteiger partial charge in [0.1, 0.15) is 11.7 Å². The average Bonchev–Trinajstić information content (AvgIpc) is 3.45. The van der Waals surface area contributed by atoms with Crippen molar-refractivity contribution in [3.8, 4) is 17.2 Å². The fourth-order valence-corrected chi connectivity index (χ4v) is 4.85. The van der Waals surface area contributed by atoms with Gasteiger partial charge in [0.2, 0.25) is 5.91 Å². The zero-order chi connectivity index (χ0) is 25.9. The Morgan fingerprint density at radius 3 is 2.27 bits per heavy atom. The van der Waals surface area contributed by atoms with E-state index in [-0.39, 0.29) is 5.91 Å². The minimum Gasteiger partial charge on any atom is -0.497 e. The Morgan fingerprint density at radius 2 is 1.59 bits per heavy atom. The van der Waals surface area contributed by atoms with Gasteiger partial charge in [-0.3, -0.25) is 14.4 Å². The Morgan fingerprint density at radius 1 is 0.838 bits per heavy atom. The predicted molar refractivity (Wildman–Crippen MR) is 139 cm³/mol. The third-order valence-corrected chi connectivity index (χ3v) is 6.74. The first-order chi connectivity index (χ1) is 18.1. The van der Waals surface area contributed by atoms with Crippen LogP contribution in [0, 0.1) is 5.92 Å². The highest BCUT2D eigenvalue weighted by Crippen LogP contribution is 2.48. The van der Waals surface area contributed by atoms with Gasteiger partial charge < -0.3 is 14.2 Å². The number of ether oxygens (including phenoxy) is 3. The molecule has 2 fully saturated rings. The molecular formula is C29H30N2O6. The Bertz CT molecular complexity index is 1260. The number of unbranched alkanes of at least 4 members (excludes halogenated alkanes) is 1. The van der Waals surface area contributed by atoms with E-state index in [1.54, 1.807) is 43.5 Å². The molecule has 2 amide bonds. The topological polar surface area (TPSA) is 77.5 Å². The molecule has 2 heterocycles. The van der Waals surface area contributed by atoms with Crippen LogP contribution < -0.4 is 24.2 Å². The van der Waals surface area contributed by atoms with E-state index in [0.717, 1.165) is 24.1 Å². The largest absolute Gasteiger partial charge is 0.497 e. The molecule has 2 aliphatic heterocycles. The Hall–Kier alpha value is -4.04. The number of anilines is 2. The molecule has 3 atom stereocenters. The number of benzene rings is 3. The van der Waals surface area contributed by atoms with Crippen molar-refractivity contribution in [1.29, 1.82) is 0 Å². The molecule has 2 saturated heterocycles. The number of methoxy groups -OCH3 is 2. The zero-order valence-electron chi connectivity index (χ0n) is 21.1. The Balaban J connectivity index is 1.53. The van der Waals surface area contributed by atoms with Gasteiger partial charge in [0.15, 0.2) is 17.6 Å². The molecule has 3 unspecified atom stereocenters. The van der Waals surface area contributed by atoms with Crippen LogP contribution in [0.25, 0.3) is 0 Å². The van der Waals surface area contributed by atoms with Crippen molar-refractivity contribution in [2.45, 2.75) is 31.9 Å². The summed E-state index contributed by atoms with van der Waals surface area (Å²) >= 11 is 0. The van der Waals surface area contributed by atoms with Gasteiger partial charge in [-0.2, -0.15) is 0 Å². The van der Waals surface area contributed by atoms with Crippen LogP contribution in [0.5, 0.6) is 17.2 Å². The van der Waals surface area contributed by atoms with Crippen LogP contribution in [0.1, 0.15) is 31.4 Å². The highest BCUT2D eigenvalue weighted by molar-refractivity contribution is 6.23. The first-order valence-corrected chi connectivity index (χ1v) is 12.4. The molecule has 2 aliphatic rings. The number of para-hydroxylation sites is 1. The molecule has 0 spiro atoms.